The fourth-order valence-electron chi connectivity index (χ4n) is 1.32. The van der Waals surface area contributed by atoms with Crippen LogP contribution in [-0.2, 0) is 4.79 Å². The lowest BCUT2D eigenvalue weighted by molar-refractivity contribution is -0.133. The van der Waals surface area contributed by atoms with Crippen LogP contribution in [-0.4, -0.2) is 28.7 Å². The van der Waals surface area contributed by atoms with Gasteiger partial charge in [0.25, 0.3) is 0 Å². The molecule has 0 aromatic carbocycles. The number of carbonyl (C=O) groups excluding carboxylic acids is 1. The van der Waals surface area contributed by atoms with Crippen molar-refractivity contribution in [1.29, 1.82) is 0 Å². The standard InChI is InChI=1S/C11H22BrNO/c1-5-10(4)8-11(14)13(7-6-12)9(2)3/h9-10H,5-8H2,1-4H3. The lowest BCUT2D eigenvalue weighted by Gasteiger charge is -2.27. The number of alkyl halides is 1. The molecule has 1 unspecified atom stereocenters. The van der Waals surface area contributed by atoms with Crippen LogP contribution >= 0.6 is 15.9 Å². The average Bonchev–Trinajstić information content (AvgIpc) is 2.13. The highest BCUT2D eigenvalue weighted by Crippen LogP contribution is 2.11. The third-order valence-electron chi connectivity index (χ3n) is 2.49. The van der Waals surface area contributed by atoms with Crippen molar-refractivity contribution in [2.24, 2.45) is 5.92 Å². The molecular weight excluding hydrogens is 242 g/mol. The van der Waals surface area contributed by atoms with E-state index in [1.165, 1.54) is 0 Å². The van der Waals surface area contributed by atoms with E-state index < -0.39 is 0 Å². The first-order chi connectivity index (χ1) is 6.52. The Morgan fingerprint density at radius 1 is 1.36 bits per heavy atom. The summed E-state index contributed by atoms with van der Waals surface area (Å²) in [5.74, 6) is 0.785. The summed E-state index contributed by atoms with van der Waals surface area (Å²) in [5.41, 5.74) is 0. The Kier molecular flexibility index (Phi) is 7.24. The smallest absolute Gasteiger partial charge is 0.223 e. The van der Waals surface area contributed by atoms with Crippen LogP contribution in [0.3, 0.4) is 0 Å². The number of rotatable bonds is 6. The van der Waals surface area contributed by atoms with Gasteiger partial charge in [0.05, 0.1) is 0 Å². The molecule has 0 fully saturated rings. The molecule has 0 saturated carbocycles. The van der Waals surface area contributed by atoms with Crippen molar-refractivity contribution in [3.63, 3.8) is 0 Å². The number of halogens is 1. The van der Waals surface area contributed by atoms with E-state index in [1.807, 2.05) is 4.90 Å². The molecule has 0 N–H and O–H groups in total. The Bertz CT molecular complexity index is 171. The maximum absolute atomic E-state index is 11.8. The third kappa shape index (κ3) is 4.99. The van der Waals surface area contributed by atoms with Gasteiger partial charge in [0, 0.05) is 24.3 Å². The van der Waals surface area contributed by atoms with Gasteiger partial charge in [-0.15, -0.1) is 0 Å². The van der Waals surface area contributed by atoms with E-state index in [1.54, 1.807) is 0 Å². The van der Waals surface area contributed by atoms with Crippen LogP contribution in [0.15, 0.2) is 0 Å². The van der Waals surface area contributed by atoms with Crippen LogP contribution < -0.4 is 0 Å². The van der Waals surface area contributed by atoms with Gasteiger partial charge in [-0.05, 0) is 19.8 Å². The molecule has 14 heavy (non-hydrogen) atoms. The minimum Gasteiger partial charge on any atom is -0.339 e. The zero-order chi connectivity index (χ0) is 11.1. The molecule has 0 aromatic heterocycles. The molecule has 0 rings (SSSR count). The largest absolute Gasteiger partial charge is 0.339 e. The quantitative estimate of drug-likeness (QED) is 0.675. The van der Waals surface area contributed by atoms with E-state index in [2.05, 4.69) is 43.6 Å². The van der Waals surface area contributed by atoms with Crippen molar-refractivity contribution in [2.75, 3.05) is 11.9 Å². The zero-order valence-electron chi connectivity index (χ0n) is 9.72. The maximum Gasteiger partial charge on any atom is 0.223 e. The second-order valence-corrected chi connectivity index (χ2v) is 4.88. The number of hydrogen-bond donors (Lipinski definition) is 0. The number of nitrogens with zero attached hydrogens (tertiary/aromatic N) is 1. The molecule has 0 saturated heterocycles. The highest BCUT2D eigenvalue weighted by Gasteiger charge is 2.17. The van der Waals surface area contributed by atoms with Crippen LogP contribution in [0.4, 0.5) is 0 Å². The molecule has 84 valence electrons. The minimum atomic E-state index is 0.286. The Balaban J connectivity index is 4.15. The van der Waals surface area contributed by atoms with Crippen molar-refractivity contribution in [3.8, 4) is 0 Å². The van der Waals surface area contributed by atoms with E-state index in [0.717, 1.165) is 18.3 Å². The van der Waals surface area contributed by atoms with Crippen molar-refractivity contribution in [1.82, 2.24) is 4.90 Å². The number of carbonyl (C=O) groups is 1. The average molecular weight is 264 g/mol. The van der Waals surface area contributed by atoms with Gasteiger partial charge in [0.15, 0.2) is 0 Å². The molecular formula is C11H22BrNO. The van der Waals surface area contributed by atoms with Crippen LogP contribution in [0.2, 0.25) is 0 Å². The van der Waals surface area contributed by atoms with Gasteiger partial charge in [0.1, 0.15) is 0 Å². The molecule has 1 amide bonds. The summed E-state index contributed by atoms with van der Waals surface area (Å²) in [4.78, 5) is 13.8. The maximum atomic E-state index is 11.8. The second kappa shape index (κ2) is 7.27. The highest BCUT2D eigenvalue weighted by molar-refractivity contribution is 9.09. The topological polar surface area (TPSA) is 20.3 Å². The van der Waals surface area contributed by atoms with Crippen molar-refractivity contribution < 1.29 is 4.79 Å². The third-order valence-corrected chi connectivity index (χ3v) is 2.84. The molecule has 0 aliphatic carbocycles. The fourth-order valence-corrected chi connectivity index (χ4v) is 1.70. The van der Waals surface area contributed by atoms with E-state index in [4.69, 9.17) is 0 Å². The summed E-state index contributed by atoms with van der Waals surface area (Å²) in [6, 6.07) is 0.309. The SMILES string of the molecule is CCC(C)CC(=O)N(CCBr)C(C)C. The predicted octanol–water partition coefficient (Wildman–Crippen LogP) is 3.05. The molecule has 2 nitrogen and oxygen atoms in total. The van der Waals surface area contributed by atoms with E-state index >= 15 is 0 Å². The molecule has 0 heterocycles. The number of hydrogen-bond acceptors (Lipinski definition) is 1. The van der Waals surface area contributed by atoms with Crippen molar-refractivity contribution in [2.45, 2.75) is 46.6 Å². The van der Waals surface area contributed by atoms with Gasteiger partial charge in [-0.1, -0.05) is 36.2 Å². The Morgan fingerprint density at radius 2 is 1.93 bits per heavy atom. The lowest BCUT2D eigenvalue weighted by Crippen LogP contribution is -2.38. The summed E-state index contributed by atoms with van der Waals surface area (Å²) in [6.45, 7) is 9.20. The van der Waals surface area contributed by atoms with Crippen LogP contribution in [0.1, 0.15) is 40.5 Å². The molecule has 1 atom stereocenters. The van der Waals surface area contributed by atoms with E-state index in [0.29, 0.717) is 18.4 Å². The Morgan fingerprint density at radius 3 is 2.29 bits per heavy atom. The van der Waals surface area contributed by atoms with E-state index in [-0.39, 0.29) is 5.91 Å². The summed E-state index contributed by atoms with van der Waals surface area (Å²) in [6.07, 6.45) is 1.76. The fraction of sp³-hybridized carbons (Fsp3) is 0.909. The highest BCUT2D eigenvalue weighted by atomic mass is 79.9. The van der Waals surface area contributed by atoms with Crippen LogP contribution in [0, 0.1) is 5.92 Å². The Labute approximate surface area is 96.2 Å². The van der Waals surface area contributed by atoms with Gasteiger partial charge >= 0.3 is 0 Å². The minimum absolute atomic E-state index is 0.286. The van der Waals surface area contributed by atoms with E-state index in [9.17, 15) is 4.79 Å². The number of amides is 1. The normalized spacial score (nSPS) is 13.0. The Hall–Kier alpha value is -0.0500. The molecule has 0 aromatic rings. The van der Waals surface area contributed by atoms with Gasteiger partial charge < -0.3 is 4.90 Å². The van der Waals surface area contributed by atoms with Crippen molar-refractivity contribution >= 4 is 21.8 Å². The molecule has 0 radical (unpaired) electrons. The first-order valence-electron chi connectivity index (χ1n) is 5.38. The predicted molar refractivity (Wildman–Crippen MR) is 64.7 cm³/mol. The zero-order valence-corrected chi connectivity index (χ0v) is 11.3. The molecule has 3 heteroatoms. The van der Waals surface area contributed by atoms with Crippen molar-refractivity contribution in [3.05, 3.63) is 0 Å². The summed E-state index contributed by atoms with van der Waals surface area (Å²) in [7, 11) is 0. The lowest BCUT2D eigenvalue weighted by atomic mass is 10.0. The molecule has 0 spiro atoms. The molecule has 0 aliphatic rings. The summed E-state index contributed by atoms with van der Waals surface area (Å²) in [5, 5.41) is 0.859. The summed E-state index contributed by atoms with van der Waals surface area (Å²) < 4.78 is 0. The molecule has 0 bridgehead atoms. The van der Waals surface area contributed by atoms with Gasteiger partial charge in [-0.25, -0.2) is 0 Å². The van der Waals surface area contributed by atoms with Gasteiger partial charge in [-0.2, -0.15) is 0 Å². The first-order valence-corrected chi connectivity index (χ1v) is 6.50. The van der Waals surface area contributed by atoms with Crippen LogP contribution in [0.5, 0.6) is 0 Å². The second-order valence-electron chi connectivity index (χ2n) is 4.09. The summed E-state index contributed by atoms with van der Waals surface area (Å²) >= 11 is 3.38. The monoisotopic (exact) mass is 263 g/mol. The van der Waals surface area contributed by atoms with Crippen LogP contribution in [0.25, 0.3) is 0 Å². The van der Waals surface area contributed by atoms with Gasteiger partial charge in [0.2, 0.25) is 5.91 Å². The first kappa shape index (κ1) is 13.9. The molecule has 0 aliphatic heterocycles. The van der Waals surface area contributed by atoms with Gasteiger partial charge in [-0.3, -0.25) is 4.79 Å².